The van der Waals surface area contributed by atoms with Gasteiger partial charge in [-0.05, 0) is 91.3 Å². The summed E-state index contributed by atoms with van der Waals surface area (Å²) in [7, 11) is 0. The van der Waals surface area contributed by atoms with Crippen molar-refractivity contribution in [3.8, 4) is 23.7 Å². The summed E-state index contributed by atoms with van der Waals surface area (Å²) in [5.74, 6) is 12.7. The van der Waals surface area contributed by atoms with Crippen LogP contribution in [-0.4, -0.2) is 0 Å². The fourth-order valence-corrected chi connectivity index (χ4v) is 4.35. The van der Waals surface area contributed by atoms with Crippen LogP contribution in [0, 0.1) is 23.7 Å². The summed E-state index contributed by atoms with van der Waals surface area (Å²) in [4.78, 5) is 0. The minimum atomic E-state index is 1.01. The maximum Gasteiger partial charge on any atom is 0.0334 e. The van der Waals surface area contributed by atoms with Crippen molar-refractivity contribution in [2.45, 2.75) is 0 Å². The molecule has 146 valence electrons. The van der Waals surface area contributed by atoms with Crippen LogP contribution in [0.5, 0.6) is 0 Å². The summed E-state index contributed by atoms with van der Waals surface area (Å²) in [6.07, 6.45) is 0. The van der Waals surface area contributed by atoms with Crippen molar-refractivity contribution in [2.24, 2.45) is 0 Å². The summed E-state index contributed by atoms with van der Waals surface area (Å²) in [6.45, 7) is 0. The molecule has 0 heterocycles. The van der Waals surface area contributed by atoms with E-state index < -0.39 is 0 Å². The first-order chi connectivity index (χ1) is 15.8. The summed E-state index contributed by atoms with van der Waals surface area (Å²) in [6, 6.07) is 38.3. The molecule has 32 heavy (non-hydrogen) atoms. The van der Waals surface area contributed by atoms with E-state index in [9.17, 15) is 0 Å². The Bertz CT molecular complexity index is 1640. The zero-order valence-corrected chi connectivity index (χ0v) is 17.4. The Kier molecular flexibility index (Phi) is 4.35. The minimum Gasteiger partial charge on any atom is -0.0616 e. The van der Waals surface area contributed by atoms with Crippen LogP contribution in [0.15, 0.2) is 109 Å². The molecule has 0 aliphatic carbocycles. The normalized spacial score (nSPS) is 10.6. The fourth-order valence-electron chi connectivity index (χ4n) is 4.35. The highest BCUT2D eigenvalue weighted by atomic mass is 14.1. The average molecular weight is 402 g/mol. The minimum absolute atomic E-state index is 1.01. The van der Waals surface area contributed by atoms with Crippen LogP contribution in [0.1, 0.15) is 11.1 Å². The number of fused-ring (bicyclic) bond motifs is 4. The Morgan fingerprint density at radius 1 is 0.344 bits per heavy atom. The summed E-state index contributed by atoms with van der Waals surface area (Å²) in [5.41, 5.74) is 2.01. The van der Waals surface area contributed by atoms with Gasteiger partial charge in [0.1, 0.15) is 0 Å². The van der Waals surface area contributed by atoms with Crippen LogP contribution < -0.4 is 0 Å². The molecule has 0 amide bonds. The molecular weight excluding hydrogens is 384 g/mol. The lowest BCUT2D eigenvalue weighted by atomic mass is 9.99. The van der Waals surface area contributed by atoms with Crippen molar-refractivity contribution >= 4 is 43.1 Å². The molecule has 0 heteroatoms. The average Bonchev–Trinajstić information content (AvgIpc) is 2.84. The molecule has 0 unspecified atom stereocenters. The van der Waals surface area contributed by atoms with Gasteiger partial charge in [-0.3, -0.25) is 0 Å². The lowest BCUT2D eigenvalue weighted by molar-refractivity contribution is 1.72. The van der Waals surface area contributed by atoms with Gasteiger partial charge in [0.2, 0.25) is 0 Å². The third-order valence-corrected chi connectivity index (χ3v) is 5.95. The second kappa shape index (κ2) is 7.63. The Morgan fingerprint density at radius 3 is 1.16 bits per heavy atom. The van der Waals surface area contributed by atoms with E-state index >= 15 is 0 Å². The van der Waals surface area contributed by atoms with Crippen LogP contribution in [0.25, 0.3) is 43.1 Å². The van der Waals surface area contributed by atoms with Gasteiger partial charge in [0.25, 0.3) is 0 Å². The summed E-state index contributed by atoms with van der Waals surface area (Å²) >= 11 is 0. The van der Waals surface area contributed by atoms with Gasteiger partial charge in [-0.1, -0.05) is 84.6 Å². The van der Waals surface area contributed by atoms with Gasteiger partial charge >= 0.3 is 0 Å². The van der Waals surface area contributed by atoms with Crippen molar-refractivity contribution in [2.75, 3.05) is 0 Å². The molecule has 0 bridgehead atoms. The third kappa shape index (κ3) is 3.26. The smallest absolute Gasteiger partial charge is 0.0334 e. The van der Waals surface area contributed by atoms with Crippen molar-refractivity contribution in [3.05, 3.63) is 120 Å². The molecular formula is C32H18. The molecule has 0 spiro atoms. The van der Waals surface area contributed by atoms with E-state index in [1.165, 1.54) is 32.3 Å². The van der Waals surface area contributed by atoms with E-state index in [2.05, 4.69) is 133 Å². The first kappa shape index (κ1) is 18.3. The second-order valence-electron chi connectivity index (χ2n) is 7.95. The van der Waals surface area contributed by atoms with Gasteiger partial charge in [0.05, 0.1) is 0 Å². The second-order valence-corrected chi connectivity index (χ2v) is 7.95. The predicted octanol–water partition coefficient (Wildman–Crippen LogP) is 7.70. The molecule has 0 nitrogen and oxygen atoms in total. The van der Waals surface area contributed by atoms with Gasteiger partial charge in [-0.15, -0.1) is 0 Å². The maximum absolute atomic E-state index is 3.28. The van der Waals surface area contributed by atoms with E-state index in [0.29, 0.717) is 0 Å². The SMILES string of the molecule is C(C#Cc1cccc2cc3ccccc3cc12)#Cc1cccc2cc3ccccc3cc12. The van der Waals surface area contributed by atoms with Gasteiger partial charge in [0.15, 0.2) is 0 Å². The van der Waals surface area contributed by atoms with Gasteiger partial charge in [0, 0.05) is 11.1 Å². The molecule has 0 fully saturated rings. The number of hydrogen-bond acceptors (Lipinski definition) is 0. The van der Waals surface area contributed by atoms with Crippen molar-refractivity contribution < 1.29 is 0 Å². The highest BCUT2D eigenvalue weighted by Crippen LogP contribution is 2.26. The Hall–Kier alpha value is -4.52. The van der Waals surface area contributed by atoms with Gasteiger partial charge in [-0.2, -0.15) is 0 Å². The van der Waals surface area contributed by atoms with Gasteiger partial charge < -0.3 is 0 Å². The number of hydrogen-bond donors (Lipinski definition) is 0. The highest BCUT2D eigenvalue weighted by molar-refractivity contribution is 6.01. The zero-order valence-electron chi connectivity index (χ0n) is 17.4. The Balaban J connectivity index is 1.42. The Morgan fingerprint density at radius 2 is 0.719 bits per heavy atom. The molecule has 0 aliphatic rings. The molecule has 0 saturated carbocycles. The first-order valence-corrected chi connectivity index (χ1v) is 10.7. The van der Waals surface area contributed by atoms with E-state index in [-0.39, 0.29) is 0 Å². The third-order valence-electron chi connectivity index (χ3n) is 5.95. The molecule has 0 radical (unpaired) electrons. The maximum atomic E-state index is 3.28. The molecule has 6 aromatic rings. The van der Waals surface area contributed by atoms with Crippen LogP contribution in [0.2, 0.25) is 0 Å². The summed E-state index contributed by atoms with van der Waals surface area (Å²) in [5, 5.41) is 9.66. The van der Waals surface area contributed by atoms with Gasteiger partial charge in [-0.25, -0.2) is 0 Å². The largest absolute Gasteiger partial charge is 0.0616 e. The lowest BCUT2D eigenvalue weighted by Crippen LogP contribution is -1.82. The van der Waals surface area contributed by atoms with Crippen molar-refractivity contribution in [3.63, 3.8) is 0 Å². The van der Waals surface area contributed by atoms with Crippen LogP contribution in [0.4, 0.5) is 0 Å². The first-order valence-electron chi connectivity index (χ1n) is 10.7. The molecule has 0 atom stereocenters. The van der Waals surface area contributed by atoms with Crippen molar-refractivity contribution in [1.29, 1.82) is 0 Å². The van der Waals surface area contributed by atoms with E-state index in [1.54, 1.807) is 0 Å². The monoisotopic (exact) mass is 402 g/mol. The molecule has 6 aromatic carbocycles. The quantitative estimate of drug-likeness (QED) is 0.180. The fraction of sp³-hybridized carbons (Fsp3) is 0. The van der Waals surface area contributed by atoms with E-state index in [1.807, 2.05) is 0 Å². The standard InChI is InChI=1S/C32H18/c1(9-23-15-7-17-29-19-25-11-3-5-13-27(25)21-31(23)29)2-10-24-16-8-18-30-20-26-12-4-6-14-28(26)22-32(24)30/h3-8,11-22H. The van der Waals surface area contributed by atoms with Crippen molar-refractivity contribution in [1.82, 2.24) is 0 Å². The van der Waals surface area contributed by atoms with Crippen LogP contribution in [0.3, 0.4) is 0 Å². The summed E-state index contributed by atoms with van der Waals surface area (Å²) < 4.78 is 0. The predicted molar refractivity (Wildman–Crippen MR) is 137 cm³/mol. The van der Waals surface area contributed by atoms with Crippen LogP contribution in [-0.2, 0) is 0 Å². The lowest BCUT2D eigenvalue weighted by Gasteiger charge is -2.04. The topological polar surface area (TPSA) is 0 Å². The number of rotatable bonds is 0. The van der Waals surface area contributed by atoms with Crippen LogP contribution >= 0.6 is 0 Å². The highest BCUT2D eigenvalue weighted by Gasteiger charge is 2.02. The molecule has 0 N–H and O–H groups in total. The zero-order chi connectivity index (χ0) is 21.3. The van der Waals surface area contributed by atoms with E-state index in [0.717, 1.165) is 21.9 Å². The molecule has 0 aliphatic heterocycles. The number of benzene rings is 6. The molecule has 0 saturated heterocycles. The molecule has 6 rings (SSSR count). The Labute approximate surface area is 187 Å². The molecule has 0 aromatic heterocycles. The van der Waals surface area contributed by atoms with E-state index in [4.69, 9.17) is 0 Å².